The van der Waals surface area contributed by atoms with E-state index in [0.717, 1.165) is 11.0 Å². The number of nitrogens with one attached hydrogen (secondary N) is 1. The summed E-state index contributed by atoms with van der Waals surface area (Å²) in [5.74, 6) is 0. The first-order valence-corrected chi connectivity index (χ1v) is 8.84. The molecule has 0 spiro atoms. The Balaban J connectivity index is 1.93. The molecule has 0 bridgehead atoms. The fourth-order valence-electron chi connectivity index (χ4n) is 2.92. The van der Waals surface area contributed by atoms with E-state index in [1.165, 1.54) is 35.4 Å². The van der Waals surface area contributed by atoms with Gasteiger partial charge in [-0.25, -0.2) is 0 Å². The molecule has 114 valence electrons. The number of nitrogens with zero attached hydrogens (tertiary/aromatic N) is 2. The first-order valence-electron chi connectivity index (χ1n) is 7.23. The van der Waals surface area contributed by atoms with Gasteiger partial charge in [0.1, 0.15) is 0 Å². The minimum absolute atomic E-state index is 0.175. The largest absolute Gasteiger partial charge is 0.383 e. The number of aryl methyl sites for hydroxylation is 2. The van der Waals surface area contributed by atoms with Crippen LogP contribution >= 0.6 is 27.3 Å². The van der Waals surface area contributed by atoms with Gasteiger partial charge in [0.25, 0.3) is 0 Å². The molecule has 1 atom stereocenters. The molecule has 0 fully saturated rings. The lowest BCUT2D eigenvalue weighted by Crippen LogP contribution is -2.22. The SMILES string of the molecule is CNC(c1cc2c(s1)CCC2)c1c(Br)cnn1CCOC. The van der Waals surface area contributed by atoms with E-state index in [1.807, 2.05) is 29.3 Å². The number of methoxy groups -OCH3 is 1. The van der Waals surface area contributed by atoms with Crippen molar-refractivity contribution in [3.63, 3.8) is 0 Å². The Morgan fingerprint density at radius 3 is 3.10 bits per heavy atom. The van der Waals surface area contributed by atoms with Gasteiger partial charge in [-0.3, -0.25) is 4.68 Å². The van der Waals surface area contributed by atoms with E-state index in [0.29, 0.717) is 6.61 Å². The van der Waals surface area contributed by atoms with Crippen molar-refractivity contribution in [1.29, 1.82) is 0 Å². The van der Waals surface area contributed by atoms with Crippen molar-refractivity contribution in [3.8, 4) is 0 Å². The highest BCUT2D eigenvalue weighted by atomic mass is 79.9. The van der Waals surface area contributed by atoms with Gasteiger partial charge in [-0.15, -0.1) is 11.3 Å². The van der Waals surface area contributed by atoms with Gasteiger partial charge < -0.3 is 10.1 Å². The summed E-state index contributed by atoms with van der Waals surface area (Å²) in [6.07, 6.45) is 5.64. The van der Waals surface area contributed by atoms with Crippen molar-refractivity contribution in [1.82, 2.24) is 15.1 Å². The first kappa shape index (κ1) is 15.2. The number of ether oxygens (including phenoxy) is 1. The Hall–Kier alpha value is -0.690. The molecule has 1 aliphatic carbocycles. The molecule has 1 aliphatic rings. The monoisotopic (exact) mass is 369 g/mol. The van der Waals surface area contributed by atoms with Crippen LogP contribution in [0.15, 0.2) is 16.7 Å². The van der Waals surface area contributed by atoms with Crippen LogP contribution in [0.4, 0.5) is 0 Å². The molecule has 0 aliphatic heterocycles. The fraction of sp³-hybridized carbons (Fsp3) is 0.533. The van der Waals surface area contributed by atoms with Crippen LogP contribution in [0.5, 0.6) is 0 Å². The van der Waals surface area contributed by atoms with E-state index in [1.54, 1.807) is 12.0 Å². The first-order chi connectivity index (χ1) is 10.2. The Morgan fingerprint density at radius 1 is 1.52 bits per heavy atom. The van der Waals surface area contributed by atoms with Gasteiger partial charge in [0, 0.05) is 16.9 Å². The number of rotatable bonds is 6. The number of halogens is 1. The second-order valence-corrected chi connectivity index (χ2v) is 7.29. The zero-order chi connectivity index (χ0) is 14.8. The van der Waals surface area contributed by atoms with Crippen molar-refractivity contribution < 1.29 is 4.74 Å². The Kier molecular flexibility index (Phi) is 4.78. The molecule has 0 aromatic carbocycles. The summed E-state index contributed by atoms with van der Waals surface area (Å²) in [5, 5.41) is 7.91. The Bertz CT molecular complexity index is 601. The van der Waals surface area contributed by atoms with Gasteiger partial charge in [-0.05, 0) is 53.9 Å². The Labute approximate surface area is 137 Å². The van der Waals surface area contributed by atoms with Crippen molar-refractivity contribution in [2.45, 2.75) is 31.8 Å². The molecule has 21 heavy (non-hydrogen) atoms. The molecule has 4 nitrogen and oxygen atoms in total. The molecule has 2 heterocycles. The summed E-state index contributed by atoms with van der Waals surface area (Å²) >= 11 is 5.58. The van der Waals surface area contributed by atoms with Crippen LogP contribution in [0.25, 0.3) is 0 Å². The second-order valence-electron chi connectivity index (χ2n) is 5.27. The smallest absolute Gasteiger partial charge is 0.0851 e. The zero-order valence-electron chi connectivity index (χ0n) is 12.4. The quantitative estimate of drug-likeness (QED) is 0.849. The predicted octanol–water partition coefficient (Wildman–Crippen LogP) is 3.15. The number of hydrogen-bond donors (Lipinski definition) is 1. The highest BCUT2D eigenvalue weighted by molar-refractivity contribution is 9.10. The molecule has 2 aromatic rings. The second kappa shape index (κ2) is 6.60. The van der Waals surface area contributed by atoms with Gasteiger partial charge in [0.05, 0.1) is 35.6 Å². The molecule has 0 saturated heterocycles. The molecule has 1 unspecified atom stereocenters. The number of aromatic nitrogens is 2. The summed E-state index contributed by atoms with van der Waals surface area (Å²) in [7, 11) is 3.73. The molecule has 1 N–H and O–H groups in total. The highest BCUT2D eigenvalue weighted by Gasteiger charge is 2.25. The maximum absolute atomic E-state index is 5.18. The van der Waals surface area contributed by atoms with Gasteiger partial charge in [0.2, 0.25) is 0 Å². The van der Waals surface area contributed by atoms with Crippen LogP contribution in [0, 0.1) is 0 Å². The van der Waals surface area contributed by atoms with Crippen LogP contribution in [0.3, 0.4) is 0 Å². The standard InChI is InChI=1S/C15H20BrN3OS/c1-17-14(13-8-10-4-3-5-12(10)21-13)15-11(16)9-18-19(15)6-7-20-2/h8-9,14,17H,3-7H2,1-2H3. The summed E-state index contributed by atoms with van der Waals surface area (Å²) in [5.41, 5.74) is 2.71. The lowest BCUT2D eigenvalue weighted by Gasteiger charge is -2.17. The van der Waals surface area contributed by atoms with E-state index < -0.39 is 0 Å². The van der Waals surface area contributed by atoms with Crippen LogP contribution in [-0.2, 0) is 24.1 Å². The number of hydrogen-bond acceptors (Lipinski definition) is 4. The maximum Gasteiger partial charge on any atom is 0.0851 e. The molecule has 6 heteroatoms. The van der Waals surface area contributed by atoms with Crippen LogP contribution in [0.1, 0.15) is 33.5 Å². The highest BCUT2D eigenvalue weighted by Crippen LogP contribution is 2.37. The van der Waals surface area contributed by atoms with E-state index in [9.17, 15) is 0 Å². The summed E-state index contributed by atoms with van der Waals surface area (Å²) < 4.78 is 8.26. The van der Waals surface area contributed by atoms with Crippen LogP contribution < -0.4 is 5.32 Å². The number of thiophene rings is 1. The summed E-state index contributed by atoms with van der Waals surface area (Å²) in [6.45, 7) is 1.43. The van der Waals surface area contributed by atoms with E-state index in [4.69, 9.17) is 4.74 Å². The lowest BCUT2D eigenvalue weighted by atomic mass is 10.1. The molecule has 0 amide bonds. The van der Waals surface area contributed by atoms with Gasteiger partial charge in [0.15, 0.2) is 0 Å². The topological polar surface area (TPSA) is 39.1 Å². The normalized spacial score (nSPS) is 15.4. The van der Waals surface area contributed by atoms with E-state index >= 15 is 0 Å². The van der Waals surface area contributed by atoms with Crippen LogP contribution in [0.2, 0.25) is 0 Å². The predicted molar refractivity (Wildman–Crippen MR) is 89.0 cm³/mol. The van der Waals surface area contributed by atoms with E-state index in [-0.39, 0.29) is 6.04 Å². The average Bonchev–Trinajstić information content (AvgIpc) is 3.14. The van der Waals surface area contributed by atoms with Crippen molar-refractivity contribution >= 4 is 27.3 Å². The fourth-order valence-corrected chi connectivity index (χ4v) is 4.82. The summed E-state index contributed by atoms with van der Waals surface area (Å²) in [6, 6.07) is 2.54. The molecular weight excluding hydrogens is 350 g/mol. The van der Waals surface area contributed by atoms with Crippen molar-refractivity contribution in [2.75, 3.05) is 20.8 Å². The molecule has 3 rings (SSSR count). The minimum Gasteiger partial charge on any atom is -0.383 e. The summed E-state index contributed by atoms with van der Waals surface area (Å²) in [4.78, 5) is 2.94. The molecule has 0 saturated carbocycles. The van der Waals surface area contributed by atoms with Crippen LogP contribution in [-0.4, -0.2) is 30.5 Å². The zero-order valence-corrected chi connectivity index (χ0v) is 14.8. The minimum atomic E-state index is 0.175. The maximum atomic E-state index is 5.18. The third-order valence-corrected chi connectivity index (χ3v) is 5.87. The van der Waals surface area contributed by atoms with Gasteiger partial charge in [-0.1, -0.05) is 0 Å². The average molecular weight is 370 g/mol. The third-order valence-electron chi connectivity index (χ3n) is 3.95. The molecule has 2 aromatic heterocycles. The van der Waals surface area contributed by atoms with Crippen molar-refractivity contribution in [2.24, 2.45) is 0 Å². The van der Waals surface area contributed by atoms with E-state index in [2.05, 4.69) is 32.4 Å². The Morgan fingerprint density at radius 2 is 2.38 bits per heavy atom. The third kappa shape index (κ3) is 2.95. The molecule has 0 radical (unpaired) electrons. The van der Waals surface area contributed by atoms with Gasteiger partial charge in [-0.2, -0.15) is 5.10 Å². The lowest BCUT2D eigenvalue weighted by molar-refractivity contribution is 0.182. The number of fused-ring (bicyclic) bond motifs is 1. The van der Waals surface area contributed by atoms with Crippen molar-refractivity contribution in [3.05, 3.63) is 37.7 Å². The molecular formula is C15H20BrN3OS. The van der Waals surface area contributed by atoms with Gasteiger partial charge >= 0.3 is 0 Å².